The lowest BCUT2D eigenvalue weighted by Crippen LogP contribution is -2.44. The minimum absolute atomic E-state index is 0.0565. The van der Waals surface area contributed by atoms with Crippen molar-refractivity contribution >= 4 is 23.2 Å². The molecule has 2 bridgehead atoms. The monoisotopic (exact) mass is 320 g/mol. The van der Waals surface area contributed by atoms with Gasteiger partial charge in [0.25, 0.3) is 5.91 Å². The van der Waals surface area contributed by atoms with Crippen LogP contribution in [0, 0.1) is 24.7 Å². The van der Waals surface area contributed by atoms with Crippen LogP contribution < -0.4 is 10.6 Å². The van der Waals surface area contributed by atoms with Gasteiger partial charge in [-0.15, -0.1) is 11.3 Å². The van der Waals surface area contributed by atoms with Crippen LogP contribution in [0.25, 0.3) is 0 Å². The Bertz CT molecular complexity index is 569. The largest absolute Gasteiger partial charge is 0.352 e. The molecule has 2 amide bonds. The molecule has 0 spiro atoms. The standard InChI is InChI=1S/C17H24N2O2S/c1-10-3-6-15(22-10)17(21)18-9-16(20)19-11(2)14-8-12-4-5-13(14)7-12/h3,6,11-14H,4-5,7-9H2,1-2H3,(H,18,21)(H,19,20). The highest BCUT2D eigenvalue weighted by Gasteiger charge is 2.42. The molecule has 2 N–H and O–H groups in total. The van der Waals surface area contributed by atoms with E-state index in [9.17, 15) is 9.59 Å². The molecule has 120 valence electrons. The maximum absolute atomic E-state index is 12.0. The van der Waals surface area contributed by atoms with Gasteiger partial charge in [-0.2, -0.15) is 0 Å². The van der Waals surface area contributed by atoms with Crippen LogP contribution in [-0.4, -0.2) is 24.4 Å². The first kappa shape index (κ1) is 15.5. The van der Waals surface area contributed by atoms with E-state index in [1.807, 2.05) is 13.0 Å². The summed E-state index contributed by atoms with van der Waals surface area (Å²) in [6.07, 6.45) is 5.30. The molecular weight excluding hydrogens is 296 g/mol. The van der Waals surface area contributed by atoms with E-state index in [4.69, 9.17) is 0 Å². The zero-order valence-electron chi connectivity index (χ0n) is 13.2. The van der Waals surface area contributed by atoms with Gasteiger partial charge in [0, 0.05) is 10.9 Å². The van der Waals surface area contributed by atoms with Crippen LogP contribution >= 0.6 is 11.3 Å². The first-order valence-electron chi connectivity index (χ1n) is 8.17. The Kier molecular flexibility index (Phi) is 4.52. The molecule has 2 aliphatic carbocycles. The van der Waals surface area contributed by atoms with Gasteiger partial charge in [0.05, 0.1) is 11.4 Å². The molecule has 1 heterocycles. The number of hydrogen-bond acceptors (Lipinski definition) is 3. The highest BCUT2D eigenvalue weighted by molar-refractivity contribution is 7.13. The van der Waals surface area contributed by atoms with Crippen molar-refractivity contribution in [2.24, 2.45) is 17.8 Å². The summed E-state index contributed by atoms with van der Waals surface area (Å²) >= 11 is 1.45. The van der Waals surface area contributed by atoms with Crippen molar-refractivity contribution in [1.82, 2.24) is 10.6 Å². The summed E-state index contributed by atoms with van der Waals surface area (Å²) in [7, 11) is 0. The van der Waals surface area contributed by atoms with Crippen molar-refractivity contribution in [3.05, 3.63) is 21.9 Å². The minimum Gasteiger partial charge on any atom is -0.352 e. The van der Waals surface area contributed by atoms with Crippen LogP contribution in [0.15, 0.2) is 12.1 Å². The average molecular weight is 320 g/mol. The number of carbonyl (C=O) groups is 2. The van der Waals surface area contributed by atoms with Gasteiger partial charge in [-0.3, -0.25) is 9.59 Å². The lowest BCUT2D eigenvalue weighted by atomic mass is 9.84. The van der Waals surface area contributed by atoms with Crippen LogP contribution in [0.1, 0.15) is 47.2 Å². The minimum atomic E-state index is -0.166. The molecule has 4 atom stereocenters. The Hall–Kier alpha value is -1.36. The second kappa shape index (κ2) is 6.41. The van der Waals surface area contributed by atoms with E-state index < -0.39 is 0 Å². The van der Waals surface area contributed by atoms with E-state index in [0.717, 1.165) is 16.7 Å². The zero-order valence-corrected chi connectivity index (χ0v) is 14.0. The predicted molar refractivity (Wildman–Crippen MR) is 87.9 cm³/mol. The van der Waals surface area contributed by atoms with Crippen molar-refractivity contribution in [2.75, 3.05) is 6.54 Å². The van der Waals surface area contributed by atoms with E-state index in [2.05, 4.69) is 17.6 Å². The second-order valence-corrected chi connectivity index (χ2v) is 8.08. The molecule has 1 aromatic heterocycles. The molecule has 2 fully saturated rings. The summed E-state index contributed by atoms with van der Waals surface area (Å²) in [6, 6.07) is 3.92. The van der Waals surface area contributed by atoms with Gasteiger partial charge in [-0.05, 0) is 63.0 Å². The molecule has 0 saturated heterocycles. The van der Waals surface area contributed by atoms with Gasteiger partial charge in [-0.1, -0.05) is 6.42 Å². The first-order valence-corrected chi connectivity index (χ1v) is 8.98. The summed E-state index contributed by atoms with van der Waals surface area (Å²) in [5.41, 5.74) is 0. The van der Waals surface area contributed by atoms with Gasteiger partial charge >= 0.3 is 0 Å². The normalized spacial score (nSPS) is 27.6. The molecule has 0 aliphatic heterocycles. The van der Waals surface area contributed by atoms with Crippen LogP contribution in [0.4, 0.5) is 0 Å². The van der Waals surface area contributed by atoms with E-state index in [1.54, 1.807) is 6.07 Å². The fraction of sp³-hybridized carbons (Fsp3) is 0.647. The molecule has 2 saturated carbocycles. The summed E-state index contributed by atoms with van der Waals surface area (Å²) in [5.74, 6) is 2.05. The van der Waals surface area contributed by atoms with Gasteiger partial charge < -0.3 is 10.6 Å². The first-order chi connectivity index (χ1) is 10.5. The maximum atomic E-state index is 12.0. The number of nitrogens with one attached hydrogen (secondary N) is 2. The van der Waals surface area contributed by atoms with Crippen LogP contribution in [0.2, 0.25) is 0 Å². The highest BCUT2D eigenvalue weighted by Crippen LogP contribution is 2.49. The van der Waals surface area contributed by atoms with Crippen molar-refractivity contribution in [3.63, 3.8) is 0 Å². The lowest BCUT2D eigenvalue weighted by Gasteiger charge is -2.28. The van der Waals surface area contributed by atoms with Crippen molar-refractivity contribution < 1.29 is 9.59 Å². The number of aryl methyl sites for hydroxylation is 1. The number of hydrogen-bond donors (Lipinski definition) is 2. The SMILES string of the molecule is Cc1ccc(C(=O)NCC(=O)NC(C)C2CC3CCC2C3)s1. The fourth-order valence-electron chi connectivity index (χ4n) is 4.12. The quantitative estimate of drug-likeness (QED) is 0.876. The molecule has 0 radical (unpaired) electrons. The summed E-state index contributed by atoms with van der Waals surface area (Å²) in [4.78, 5) is 25.7. The molecule has 2 aliphatic rings. The number of fused-ring (bicyclic) bond motifs is 2. The van der Waals surface area contributed by atoms with Crippen LogP contribution in [0.5, 0.6) is 0 Å². The summed E-state index contributed by atoms with van der Waals surface area (Å²) in [6.45, 7) is 4.12. The number of thiophene rings is 1. The fourth-order valence-corrected chi connectivity index (χ4v) is 4.91. The molecule has 22 heavy (non-hydrogen) atoms. The molecule has 4 unspecified atom stereocenters. The number of carbonyl (C=O) groups excluding carboxylic acids is 2. The Labute approximate surface area is 135 Å². The van der Waals surface area contributed by atoms with E-state index in [0.29, 0.717) is 10.8 Å². The molecule has 0 aromatic carbocycles. The molecular formula is C17H24N2O2S. The third-order valence-electron chi connectivity index (χ3n) is 5.20. The number of rotatable bonds is 5. The zero-order chi connectivity index (χ0) is 15.7. The van der Waals surface area contributed by atoms with Gasteiger partial charge in [0.2, 0.25) is 5.91 Å². The number of amides is 2. The van der Waals surface area contributed by atoms with E-state index in [-0.39, 0.29) is 24.4 Å². The van der Waals surface area contributed by atoms with Gasteiger partial charge in [0.1, 0.15) is 0 Å². The van der Waals surface area contributed by atoms with E-state index in [1.165, 1.54) is 37.0 Å². The molecule has 5 heteroatoms. The van der Waals surface area contributed by atoms with Crippen LogP contribution in [0.3, 0.4) is 0 Å². The summed E-state index contributed by atoms with van der Waals surface area (Å²) in [5, 5.41) is 5.77. The van der Waals surface area contributed by atoms with Crippen molar-refractivity contribution in [3.8, 4) is 0 Å². The van der Waals surface area contributed by atoms with E-state index >= 15 is 0 Å². The molecule has 3 rings (SSSR count). The van der Waals surface area contributed by atoms with Crippen molar-refractivity contribution in [1.29, 1.82) is 0 Å². The molecule has 1 aromatic rings. The third kappa shape index (κ3) is 3.35. The third-order valence-corrected chi connectivity index (χ3v) is 6.20. The highest BCUT2D eigenvalue weighted by atomic mass is 32.1. The second-order valence-electron chi connectivity index (χ2n) is 6.79. The Morgan fingerprint density at radius 3 is 2.73 bits per heavy atom. The van der Waals surface area contributed by atoms with Gasteiger partial charge in [0.15, 0.2) is 0 Å². The molecule has 4 nitrogen and oxygen atoms in total. The predicted octanol–water partition coefficient (Wildman–Crippen LogP) is 2.73. The van der Waals surface area contributed by atoms with Gasteiger partial charge in [-0.25, -0.2) is 0 Å². The maximum Gasteiger partial charge on any atom is 0.261 e. The Balaban J connectivity index is 1.43. The Morgan fingerprint density at radius 1 is 1.32 bits per heavy atom. The van der Waals surface area contributed by atoms with Crippen LogP contribution in [-0.2, 0) is 4.79 Å². The lowest BCUT2D eigenvalue weighted by molar-refractivity contribution is -0.121. The summed E-state index contributed by atoms with van der Waals surface area (Å²) < 4.78 is 0. The smallest absolute Gasteiger partial charge is 0.261 e. The topological polar surface area (TPSA) is 58.2 Å². The average Bonchev–Trinajstić information content (AvgIpc) is 3.20. The Morgan fingerprint density at radius 2 is 2.14 bits per heavy atom. The van der Waals surface area contributed by atoms with Crippen molar-refractivity contribution in [2.45, 2.75) is 45.6 Å².